The number of fused-ring (bicyclic) bond motifs is 1. The van der Waals surface area contributed by atoms with Crippen molar-refractivity contribution in [3.05, 3.63) is 53.7 Å². The van der Waals surface area contributed by atoms with E-state index in [2.05, 4.69) is 21.7 Å². The Labute approximate surface area is 141 Å². The summed E-state index contributed by atoms with van der Waals surface area (Å²) >= 11 is 0. The van der Waals surface area contributed by atoms with E-state index in [4.69, 9.17) is 4.74 Å². The van der Waals surface area contributed by atoms with Crippen LogP contribution in [0.25, 0.3) is 0 Å². The normalized spacial score (nSPS) is 19.1. The number of nitrogens with zero attached hydrogens (tertiary/aromatic N) is 1. The van der Waals surface area contributed by atoms with Gasteiger partial charge in [-0.1, -0.05) is 18.2 Å². The van der Waals surface area contributed by atoms with E-state index in [1.807, 2.05) is 24.3 Å². The second-order valence-corrected chi connectivity index (χ2v) is 6.55. The third-order valence-corrected chi connectivity index (χ3v) is 4.46. The molecule has 2 aromatic rings. The molecule has 0 bridgehead atoms. The van der Waals surface area contributed by atoms with Crippen LogP contribution in [0.1, 0.15) is 28.8 Å². The minimum atomic E-state index is -0.0159. The molecule has 1 amide bonds. The van der Waals surface area contributed by atoms with Gasteiger partial charge in [0.15, 0.2) is 0 Å². The molecule has 1 fully saturated rings. The minimum absolute atomic E-state index is 0.0159. The predicted molar refractivity (Wildman–Crippen MR) is 92.3 cm³/mol. The molecule has 1 aromatic heterocycles. The number of carbonyl (C=O) groups excluding carboxylic acids is 1. The van der Waals surface area contributed by atoms with Crippen LogP contribution in [0.2, 0.25) is 0 Å². The zero-order valence-electron chi connectivity index (χ0n) is 13.5. The predicted octanol–water partition coefficient (Wildman–Crippen LogP) is 2.64. The van der Waals surface area contributed by atoms with E-state index in [9.17, 15) is 4.79 Å². The number of carbonyl (C=O) groups is 1. The van der Waals surface area contributed by atoms with Crippen LogP contribution in [0, 0.1) is 5.92 Å². The van der Waals surface area contributed by atoms with Gasteiger partial charge < -0.3 is 15.4 Å². The van der Waals surface area contributed by atoms with Crippen LogP contribution in [-0.2, 0) is 6.42 Å². The molecule has 2 N–H and O–H groups in total. The molecule has 5 heteroatoms. The fourth-order valence-electron chi connectivity index (χ4n) is 2.94. The quantitative estimate of drug-likeness (QED) is 0.888. The molecule has 1 aliphatic carbocycles. The summed E-state index contributed by atoms with van der Waals surface area (Å²) in [4.78, 5) is 16.4. The van der Waals surface area contributed by atoms with Crippen LogP contribution in [0.5, 0.6) is 5.75 Å². The van der Waals surface area contributed by atoms with Crippen LogP contribution in [0.3, 0.4) is 0 Å². The highest BCUT2D eigenvalue weighted by molar-refractivity contribution is 5.95. The Bertz CT molecular complexity index is 743. The number of benzene rings is 1. The largest absolute Gasteiger partial charge is 0.493 e. The van der Waals surface area contributed by atoms with E-state index in [1.54, 1.807) is 12.3 Å². The van der Waals surface area contributed by atoms with E-state index < -0.39 is 0 Å². The van der Waals surface area contributed by atoms with Crippen molar-refractivity contribution in [2.45, 2.75) is 25.3 Å². The van der Waals surface area contributed by atoms with Gasteiger partial charge in [-0.2, -0.15) is 0 Å². The fraction of sp³-hybridized carbons (Fsp3) is 0.368. The number of anilines is 1. The maximum atomic E-state index is 12.1. The van der Waals surface area contributed by atoms with Crippen molar-refractivity contribution in [1.29, 1.82) is 0 Å². The molecule has 1 saturated carbocycles. The number of hydrogen-bond donors (Lipinski definition) is 2. The van der Waals surface area contributed by atoms with Crippen LogP contribution in [0.4, 0.5) is 5.82 Å². The summed E-state index contributed by atoms with van der Waals surface area (Å²) in [5, 5.41) is 6.34. The first-order chi connectivity index (χ1) is 11.8. The number of nitrogens with one attached hydrogen (secondary N) is 2. The lowest BCUT2D eigenvalue weighted by molar-refractivity contribution is 0.0951. The molecule has 2 heterocycles. The first kappa shape index (κ1) is 15.0. The van der Waals surface area contributed by atoms with Crippen LogP contribution >= 0.6 is 0 Å². The lowest BCUT2D eigenvalue weighted by Gasteiger charge is -2.25. The van der Waals surface area contributed by atoms with Gasteiger partial charge in [0.2, 0.25) is 0 Å². The topological polar surface area (TPSA) is 63.2 Å². The molecule has 1 aromatic carbocycles. The highest BCUT2D eigenvalue weighted by Gasteiger charge is 2.24. The maximum Gasteiger partial charge on any atom is 0.251 e. The molecule has 124 valence electrons. The lowest BCUT2D eigenvalue weighted by atomic mass is 9.97. The number of pyridine rings is 1. The Morgan fingerprint density at radius 2 is 2.12 bits per heavy atom. The molecule has 1 atom stereocenters. The van der Waals surface area contributed by atoms with Crippen molar-refractivity contribution in [3.8, 4) is 5.75 Å². The van der Waals surface area contributed by atoms with E-state index in [0.29, 0.717) is 24.1 Å². The number of para-hydroxylation sites is 1. The van der Waals surface area contributed by atoms with E-state index in [1.165, 1.54) is 5.56 Å². The average Bonchev–Trinajstić information content (AvgIpc) is 3.44. The second kappa shape index (κ2) is 6.51. The summed E-state index contributed by atoms with van der Waals surface area (Å²) in [6.45, 7) is 1.47. The molecule has 5 nitrogen and oxygen atoms in total. The third-order valence-electron chi connectivity index (χ3n) is 4.46. The van der Waals surface area contributed by atoms with E-state index in [-0.39, 0.29) is 5.91 Å². The standard InChI is InChI=1S/C19H21N3O2/c23-19(22-16-5-6-16)15-7-8-20-18(10-15)21-11-13-9-14-3-1-2-4-17(14)24-12-13/h1-4,7-8,10,13,16H,5-6,9,11-12H2,(H,20,21)(H,22,23)/t13-/m1/s1. The summed E-state index contributed by atoms with van der Waals surface area (Å²) < 4.78 is 5.81. The number of aromatic nitrogens is 1. The van der Waals surface area contributed by atoms with E-state index in [0.717, 1.165) is 37.4 Å². The fourth-order valence-corrected chi connectivity index (χ4v) is 2.94. The SMILES string of the molecule is O=C(NC1CC1)c1ccnc(NC[C@@H]2COc3ccccc3C2)c1. The first-order valence-electron chi connectivity index (χ1n) is 8.49. The molecule has 0 unspecified atom stereocenters. The lowest BCUT2D eigenvalue weighted by Crippen LogP contribution is -2.28. The van der Waals surface area contributed by atoms with Crippen molar-refractivity contribution in [3.63, 3.8) is 0 Å². The summed E-state index contributed by atoms with van der Waals surface area (Å²) in [6.07, 6.45) is 4.85. The highest BCUT2D eigenvalue weighted by atomic mass is 16.5. The van der Waals surface area contributed by atoms with Crippen LogP contribution in [0.15, 0.2) is 42.6 Å². The third kappa shape index (κ3) is 3.50. The Hall–Kier alpha value is -2.56. The monoisotopic (exact) mass is 323 g/mol. The number of rotatable bonds is 5. The van der Waals surface area contributed by atoms with Gasteiger partial charge in [0, 0.05) is 30.3 Å². The van der Waals surface area contributed by atoms with Gasteiger partial charge in [0.1, 0.15) is 11.6 Å². The van der Waals surface area contributed by atoms with Gasteiger partial charge in [-0.3, -0.25) is 4.79 Å². The van der Waals surface area contributed by atoms with Crippen LogP contribution in [-0.4, -0.2) is 30.1 Å². The molecule has 4 rings (SSSR count). The summed E-state index contributed by atoms with van der Waals surface area (Å²) in [6, 6.07) is 12.1. The highest BCUT2D eigenvalue weighted by Crippen LogP contribution is 2.27. The molecule has 24 heavy (non-hydrogen) atoms. The maximum absolute atomic E-state index is 12.1. The molecule has 2 aliphatic rings. The first-order valence-corrected chi connectivity index (χ1v) is 8.49. The van der Waals surface area contributed by atoms with Crippen molar-refractivity contribution in [2.24, 2.45) is 5.92 Å². The van der Waals surface area contributed by atoms with Crippen molar-refractivity contribution in [2.75, 3.05) is 18.5 Å². The Morgan fingerprint density at radius 3 is 3.00 bits per heavy atom. The summed E-state index contributed by atoms with van der Waals surface area (Å²) in [5.41, 5.74) is 1.91. The second-order valence-electron chi connectivity index (χ2n) is 6.55. The molecule has 0 radical (unpaired) electrons. The number of ether oxygens (including phenoxy) is 1. The molecule has 1 aliphatic heterocycles. The van der Waals surface area contributed by atoms with Gasteiger partial charge in [-0.05, 0) is 43.0 Å². The van der Waals surface area contributed by atoms with Gasteiger partial charge >= 0.3 is 0 Å². The average molecular weight is 323 g/mol. The number of hydrogen-bond acceptors (Lipinski definition) is 4. The van der Waals surface area contributed by atoms with Crippen molar-refractivity contribution in [1.82, 2.24) is 10.3 Å². The smallest absolute Gasteiger partial charge is 0.251 e. The molecule has 0 spiro atoms. The zero-order valence-corrected chi connectivity index (χ0v) is 13.5. The van der Waals surface area contributed by atoms with Gasteiger partial charge in [0.25, 0.3) is 5.91 Å². The Morgan fingerprint density at radius 1 is 1.25 bits per heavy atom. The van der Waals surface area contributed by atoms with Crippen molar-refractivity contribution < 1.29 is 9.53 Å². The van der Waals surface area contributed by atoms with Crippen LogP contribution < -0.4 is 15.4 Å². The minimum Gasteiger partial charge on any atom is -0.493 e. The zero-order chi connectivity index (χ0) is 16.4. The Kier molecular flexibility index (Phi) is 4.07. The molecular formula is C19H21N3O2. The van der Waals surface area contributed by atoms with Crippen molar-refractivity contribution >= 4 is 11.7 Å². The molecular weight excluding hydrogens is 302 g/mol. The Balaban J connectivity index is 1.35. The van der Waals surface area contributed by atoms with Gasteiger partial charge in [0.05, 0.1) is 6.61 Å². The number of amides is 1. The molecule has 0 saturated heterocycles. The summed E-state index contributed by atoms with van der Waals surface area (Å²) in [5.74, 6) is 2.10. The van der Waals surface area contributed by atoms with Gasteiger partial charge in [-0.25, -0.2) is 4.98 Å². The van der Waals surface area contributed by atoms with Gasteiger partial charge in [-0.15, -0.1) is 0 Å². The van der Waals surface area contributed by atoms with E-state index >= 15 is 0 Å². The summed E-state index contributed by atoms with van der Waals surface area (Å²) in [7, 11) is 0.